The summed E-state index contributed by atoms with van der Waals surface area (Å²) in [6.45, 7) is 8.35. The van der Waals surface area contributed by atoms with Gasteiger partial charge in [-0.1, -0.05) is 13.8 Å². The van der Waals surface area contributed by atoms with Crippen LogP contribution in [0.25, 0.3) is 0 Å². The molecule has 1 N–H and O–H groups in total. The Morgan fingerprint density at radius 1 is 1.38 bits per heavy atom. The Morgan fingerprint density at radius 3 is 2.76 bits per heavy atom. The van der Waals surface area contributed by atoms with E-state index in [1.807, 2.05) is 6.07 Å². The van der Waals surface area contributed by atoms with Crippen molar-refractivity contribution in [2.24, 2.45) is 5.92 Å². The summed E-state index contributed by atoms with van der Waals surface area (Å²) >= 11 is 0. The van der Waals surface area contributed by atoms with Crippen LogP contribution in [0.15, 0.2) is 18.2 Å². The molecule has 1 saturated heterocycles. The van der Waals surface area contributed by atoms with Gasteiger partial charge in [0.1, 0.15) is 0 Å². The van der Waals surface area contributed by atoms with Crippen LogP contribution in [0.2, 0.25) is 0 Å². The zero-order valence-corrected chi connectivity index (χ0v) is 13.1. The number of hydrogen-bond donors (Lipinski definition) is 1. The summed E-state index contributed by atoms with van der Waals surface area (Å²) in [5.41, 5.74) is 1.96. The van der Waals surface area contributed by atoms with Gasteiger partial charge in [-0.2, -0.15) is 0 Å². The van der Waals surface area contributed by atoms with Gasteiger partial charge in [0.25, 0.3) is 5.69 Å². The molecule has 116 valence electrons. The Bertz CT molecular complexity index is 504. The van der Waals surface area contributed by atoms with Crippen LogP contribution in [0.4, 0.5) is 17.1 Å². The van der Waals surface area contributed by atoms with Crippen molar-refractivity contribution in [2.45, 2.75) is 46.1 Å². The number of rotatable bonds is 5. The largest absolute Gasteiger partial charge is 0.385 e. The Morgan fingerprint density at radius 2 is 2.14 bits per heavy atom. The normalized spacial score (nSPS) is 22.1. The molecule has 2 unspecified atom stereocenters. The van der Waals surface area contributed by atoms with Crippen molar-refractivity contribution in [3.05, 3.63) is 28.3 Å². The quantitative estimate of drug-likeness (QED) is 0.657. The molecule has 1 heterocycles. The minimum absolute atomic E-state index is 0.164. The van der Waals surface area contributed by atoms with E-state index in [0.29, 0.717) is 6.04 Å². The van der Waals surface area contributed by atoms with Gasteiger partial charge < -0.3 is 10.2 Å². The predicted octanol–water partition coefficient (Wildman–Crippen LogP) is 4.04. The summed E-state index contributed by atoms with van der Waals surface area (Å²) in [7, 11) is 0. The molecule has 1 aromatic rings. The minimum Gasteiger partial charge on any atom is -0.385 e. The second kappa shape index (κ2) is 6.78. The molecule has 0 spiro atoms. The van der Waals surface area contributed by atoms with Crippen molar-refractivity contribution in [3.63, 3.8) is 0 Å². The third-order valence-corrected chi connectivity index (χ3v) is 4.16. The lowest BCUT2D eigenvalue weighted by molar-refractivity contribution is -0.384. The van der Waals surface area contributed by atoms with E-state index >= 15 is 0 Å². The number of nitro groups is 1. The highest BCUT2D eigenvalue weighted by Gasteiger charge is 2.24. The molecular formula is C16H25N3O2. The molecule has 1 aromatic carbocycles. The van der Waals surface area contributed by atoms with Gasteiger partial charge in [0.15, 0.2) is 0 Å². The number of nitro benzene ring substituents is 1. The number of non-ortho nitro benzene ring substituents is 1. The number of nitrogens with one attached hydrogen (secondary N) is 1. The van der Waals surface area contributed by atoms with E-state index in [9.17, 15) is 10.1 Å². The standard InChI is InChI=1S/C16H25N3O2/c1-4-6-17-14-9-15(11-16(10-14)19(20)21)18-7-5-12(2)8-13(18)3/h9-13,17H,4-8H2,1-3H3. The lowest BCUT2D eigenvalue weighted by Crippen LogP contribution is -2.40. The summed E-state index contributed by atoms with van der Waals surface area (Å²) in [4.78, 5) is 13.1. The molecule has 2 rings (SSSR count). The van der Waals surface area contributed by atoms with Crippen molar-refractivity contribution in [1.29, 1.82) is 0 Å². The third kappa shape index (κ3) is 3.86. The summed E-state index contributed by atoms with van der Waals surface area (Å²) in [6, 6.07) is 5.78. The fourth-order valence-electron chi connectivity index (χ4n) is 3.03. The second-order valence-corrected chi connectivity index (χ2v) is 6.09. The molecule has 0 aliphatic carbocycles. The lowest BCUT2D eigenvalue weighted by Gasteiger charge is -2.38. The molecular weight excluding hydrogens is 266 g/mol. The number of hydrogen-bond acceptors (Lipinski definition) is 4. The van der Waals surface area contributed by atoms with Crippen LogP contribution in [0, 0.1) is 16.0 Å². The summed E-state index contributed by atoms with van der Waals surface area (Å²) in [6.07, 6.45) is 3.28. The van der Waals surface area contributed by atoms with E-state index < -0.39 is 0 Å². The van der Waals surface area contributed by atoms with Crippen LogP contribution in [0.5, 0.6) is 0 Å². The lowest BCUT2D eigenvalue weighted by atomic mass is 9.93. The average molecular weight is 291 g/mol. The first-order valence-electron chi connectivity index (χ1n) is 7.81. The monoisotopic (exact) mass is 291 g/mol. The Balaban J connectivity index is 2.28. The molecule has 1 fully saturated rings. The Kier molecular flexibility index (Phi) is 5.04. The van der Waals surface area contributed by atoms with Crippen molar-refractivity contribution >= 4 is 17.1 Å². The molecule has 5 heteroatoms. The molecule has 5 nitrogen and oxygen atoms in total. The van der Waals surface area contributed by atoms with Gasteiger partial charge >= 0.3 is 0 Å². The molecule has 0 amide bonds. The van der Waals surface area contributed by atoms with Gasteiger partial charge in [0.05, 0.1) is 4.92 Å². The highest BCUT2D eigenvalue weighted by Crippen LogP contribution is 2.32. The molecule has 0 radical (unpaired) electrons. The van der Waals surface area contributed by atoms with Crippen LogP contribution >= 0.6 is 0 Å². The first-order chi connectivity index (χ1) is 10.0. The maximum atomic E-state index is 11.2. The van der Waals surface area contributed by atoms with Crippen LogP contribution < -0.4 is 10.2 Å². The highest BCUT2D eigenvalue weighted by atomic mass is 16.6. The van der Waals surface area contributed by atoms with E-state index in [-0.39, 0.29) is 10.6 Å². The van der Waals surface area contributed by atoms with Crippen molar-refractivity contribution in [1.82, 2.24) is 0 Å². The number of piperidine rings is 1. The van der Waals surface area contributed by atoms with Crippen molar-refractivity contribution in [2.75, 3.05) is 23.3 Å². The molecule has 1 aliphatic rings. The van der Waals surface area contributed by atoms with Crippen molar-refractivity contribution in [3.8, 4) is 0 Å². The molecule has 0 bridgehead atoms. The van der Waals surface area contributed by atoms with Gasteiger partial charge in [-0.15, -0.1) is 0 Å². The zero-order valence-electron chi connectivity index (χ0n) is 13.1. The van der Waals surface area contributed by atoms with E-state index in [4.69, 9.17) is 0 Å². The number of nitrogens with zero attached hydrogens (tertiary/aromatic N) is 2. The Labute approximate surface area is 126 Å². The Hall–Kier alpha value is -1.78. The van der Waals surface area contributed by atoms with E-state index in [0.717, 1.165) is 49.6 Å². The maximum Gasteiger partial charge on any atom is 0.273 e. The molecule has 2 atom stereocenters. The van der Waals surface area contributed by atoms with E-state index in [1.165, 1.54) is 0 Å². The van der Waals surface area contributed by atoms with Crippen molar-refractivity contribution < 1.29 is 4.92 Å². The average Bonchev–Trinajstić information content (AvgIpc) is 2.44. The topological polar surface area (TPSA) is 58.4 Å². The smallest absolute Gasteiger partial charge is 0.273 e. The maximum absolute atomic E-state index is 11.2. The van der Waals surface area contributed by atoms with Gasteiger partial charge in [-0.05, 0) is 38.2 Å². The summed E-state index contributed by atoms with van der Waals surface area (Å²) in [5, 5.41) is 14.4. The van der Waals surface area contributed by atoms with Gasteiger partial charge in [-0.3, -0.25) is 10.1 Å². The fraction of sp³-hybridized carbons (Fsp3) is 0.625. The third-order valence-electron chi connectivity index (χ3n) is 4.16. The number of anilines is 2. The zero-order chi connectivity index (χ0) is 15.4. The first kappa shape index (κ1) is 15.6. The molecule has 21 heavy (non-hydrogen) atoms. The highest BCUT2D eigenvalue weighted by molar-refractivity contribution is 5.65. The summed E-state index contributed by atoms with van der Waals surface area (Å²) < 4.78 is 0. The second-order valence-electron chi connectivity index (χ2n) is 6.09. The number of benzene rings is 1. The van der Waals surface area contributed by atoms with Gasteiger partial charge in [0, 0.05) is 42.6 Å². The molecule has 0 saturated carbocycles. The minimum atomic E-state index is -0.308. The predicted molar refractivity (Wildman–Crippen MR) is 87.1 cm³/mol. The van der Waals surface area contributed by atoms with E-state index in [1.54, 1.807) is 12.1 Å². The van der Waals surface area contributed by atoms with Gasteiger partial charge in [-0.25, -0.2) is 0 Å². The van der Waals surface area contributed by atoms with Crippen LogP contribution in [-0.4, -0.2) is 24.1 Å². The van der Waals surface area contributed by atoms with Crippen LogP contribution in [-0.2, 0) is 0 Å². The fourth-order valence-corrected chi connectivity index (χ4v) is 3.03. The van der Waals surface area contributed by atoms with Crippen LogP contribution in [0.1, 0.15) is 40.0 Å². The first-order valence-corrected chi connectivity index (χ1v) is 7.81. The van der Waals surface area contributed by atoms with E-state index in [2.05, 4.69) is 31.0 Å². The van der Waals surface area contributed by atoms with Gasteiger partial charge in [0.2, 0.25) is 0 Å². The van der Waals surface area contributed by atoms with Crippen LogP contribution in [0.3, 0.4) is 0 Å². The molecule has 1 aliphatic heterocycles. The SMILES string of the molecule is CCCNc1cc(N2CCC(C)CC2C)cc([N+](=O)[O-])c1. The molecule has 0 aromatic heterocycles. The summed E-state index contributed by atoms with van der Waals surface area (Å²) in [5.74, 6) is 0.729.